The van der Waals surface area contributed by atoms with Gasteiger partial charge in [0, 0.05) is 24.0 Å². The normalized spacial score (nSPS) is 10.6. The van der Waals surface area contributed by atoms with Crippen LogP contribution in [0.25, 0.3) is 10.9 Å². The predicted octanol–water partition coefficient (Wildman–Crippen LogP) is 3.76. The van der Waals surface area contributed by atoms with Gasteiger partial charge >= 0.3 is 0 Å². The molecule has 0 fully saturated rings. The Morgan fingerprint density at radius 2 is 1.85 bits per heavy atom. The highest BCUT2D eigenvalue weighted by Crippen LogP contribution is 2.27. The maximum atomic E-state index is 9.06. The SMILES string of the molecule is CCN(CC)c1nc2cc(C)cc(C)c2cc1CC#N. The number of pyridine rings is 1. The molecule has 0 saturated heterocycles. The van der Waals surface area contributed by atoms with Crippen LogP contribution in [-0.2, 0) is 6.42 Å². The second-order valence-corrected chi connectivity index (χ2v) is 5.13. The molecule has 3 heteroatoms. The van der Waals surface area contributed by atoms with Gasteiger partial charge in [-0.3, -0.25) is 0 Å². The van der Waals surface area contributed by atoms with Crippen LogP contribution in [0.2, 0.25) is 0 Å². The fraction of sp³-hybridized carbons (Fsp3) is 0.412. The highest BCUT2D eigenvalue weighted by Gasteiger charge is 2.13. The predicted molar refractivity (Wildman–Crippen MR) is 84.1 cm³/mol. The molecule has 0 bridgehead atoms. The van der Waals surface area contributed by atoms with Gasteiger partial charge in [0.2, 0.25) is 0 Å². The van der Waals surface area contributed by atoms with Crippen molar-refractivity contribution in [2.45, 2.75) is 34.1 Å². The lowest BCUT2D eigenvalue weighted by atomic mass is 10.0. The molecular weight excluding hydrogens is 246 g/mol. The first-order valence-corrected chi connectivity index (χ1v) is 7.13. The molecule has 0 aliphatic heterocycles. The monoisotopic (exact) mass is 267 g/mol. The summed E-state index contributed by atoms with van der Waals surface area (Å²) in [6.07, 6.45) is 0.405. The number of nitriles is 1. The smallest absolute Gasteiger partial charge is 0.133 e. The summed E-state index contributed by atoms with van der Waals surface area (Å²) in [5, 5.41) is 10.2. The van der Waals surface area contributed by atoms with Crippen molar-refractivity contribution in [3.8, 4) is 6.07 Å². The van der Waals surface area contributed by atoms with Gasteiger partial charge in [-0.25, -0.2) is 4.98 Å². The zero-order valence-electron chi connectivity index (χ0n) is 12.7. The van der Waals surface area contributed by atoms with Crippen molar-refractivity contribution in [3.63, 3.8) is 0 Å². The van der Waals surface area contributed by atoms with Gasteiger partial charge in [0.05, 0.1) is 18.0 Å². The first-order valence-electron chi connectivity index (χ1n) is 7.13. The summed E-state index contributed by atoms with van der Waals surface area (Å²) < 4.78 is 0. The van der Waals surface area contributed by atoms with E-state index in [1.54, 1.807) is 0 Å². The van der Waals surface area contributed by atoms with Gasteiger partial charge in [0.15, 0.2) is 0 Å². The number of benzene rings is 1. The van der Waals surface area contributed by atoms with Crippen LogP contribution in [-0.4, -0.2) is 18.1 Å². The summed E-state index contributed by atoms with van der Waals surface area (Å²) in [4.78, 5) is 7.04. The molecule has 2 aromatic rings. The van der Waals surface area contributed by atoms with E-state index in [0.29, 0.717) is 6.42 Å². The molecule has 2 rings (SSSR count). The Kier molecular flexibility index (Phi) is 4.24. The number of fused-ring (bicyclic) bond motifs is 1. The summed E-state index contributed by atoms with van der Waals surface area (Å²) in [6, 6.07) is 8.67. The third kappa shape index (κ3) is 2.60. The summed E-state index contributed by atoms with van der Waals surface area (Å²) in [6.45, 7) is 10.2. The zero-order valence-corrected chi connectivity index (χ0v) is 12.7. The molecule has 1 heterocycles. The van der Waals surface area contributed by atoms with E-state index in [-0.39, 0.29) is 0 Å². The Labute approximate surface area is 120 Å². The van der Waals surface area contributed by atoms with Crippen LogP contribution in [0.15, 0.2) is 18.2 Å². The van der Waals surface area contributed by atoms with Crippen LogP contribution in [0.4, 0.5) is 5.82 Å². The zero-order chi connectivity index (χ0) is 14.7. The number of hydrogen-bond acceptors (Lipinski definition) is 3. The average molecular weight is 267 g/mol. The highest BCUT2D eigenvalue weighted by molar-refractivity contribution is 5.85. The van der Waals surface area contributed by atoms with Crippen molar-refractivity contribution in [1.29, 1.82) is 5.26 Å². The van der Waals surface area contributed by atoms with Gasteiger partial charge in [0.1, 0.15) is 5.82 Å². The second kappa shape index (κ2) is 5.92. The summed E-state index contributed by atoms with van der Waals surface area (Å²) in [5.74, 6) is 0.953. The van der Waals surface area contributed by atoms with Crippen molar-refractivity contribution in [1.82, 2.24) is 4.98 Å². The molecule has 1 aromatic heterocycles. The lowest BCUT2D eigenvalue weighted by Gasteiger charge is -2.23. The number of rotatable bonds is 4. The van der Waals surface area contributed by atoms with Gasteiger partial charge < -0.3 is 4.90 Å². The van der Waals surface area contributed by atoms with Gasteiger partial charge in [-0.15, -0.1) is 0 Å². The van der Waals surface area contributed by atoms with Gasteiger partial charge in [0.25, 0.3) is 0 Å². The van der Waals surface area contributed by atoms with E-state index < -0.39 is 0 Å². The Morgan fingerprint density at radius 1 is 1.15 bits per heavy atom. The third-order valence-electron chi connectivity index (χ3n) is 3.67. The van der Waals surface area contributed by atoms with Crippen LogP contribution in [0.1, 0.15) is 30.5 Å². The summed E-state index contributed by atoms with van der Waals surface area (Å²) >= 11 is 0. The van der Waals surface area contributed by atoms with Crippen molar-refractivity contribution in [2.75, 3.05) is 18.0 Å². The number of nitrogens with zero attached hydrogens (tertiary/aromatic N) is 3. The average Bonchev–Trinajstić information content (AvgIpc) is 2.41. The van der Waals surface area contributed by atoms with E-state index in [1.807, 2.05) is 0 Å². The first kappa shape index (κ1) is 14.3. The number of hydrogen-bond donors (Lipinski definition) is 0. The minimum atomic E-state index is 0.405. The van der Waals surface area contributed by atoms with Gasteiger partial charge in [-0.2, -0.15) is 5.26 Å². The van der Waals surface area contributed by atoms with Gasteiger partial charge in [-0.05, 0) is 51.0 Å². The molecule has 1 aromatic carbocycles. The van der Waals surface area contributed by atoms with Crippen LogP contribution in [0.5, 0.6) is 0 Å². The minimum Gasteiger partial charge on any atom is -0.357 e. The van der Waals surface area contributed by atoms with Crippen molar-refractivity contribution < 1.29 is 0 Å². The molecule has 0 unspecified atom stereocenters. The van der Waals surface area contributed by atoms with Crippen LogP contribution in [0.3, 0.4) is 0 Å². The maximum Gasteiger partial charge on any atom is 0.133 e. The van der Waals surface area contributed by atoms with Crippen molar-refractivity contribution in [3.05, 3.63) is 34.9 Å². The molecule has 0 amide bonds. The Morgan fingerprint density at radius 3 is 2.45 bits per heavy atom. The topological polar surface area (TPSA) is 39.9 Å². The van der Waals surface area contributed by atoms with Crippen molar-refractivity contribution >= 4 is 16.7 Å². The molecule has 104 valence electrons. The number of anilines is 1. The summed E-state index contributed by atoms with van der Waals surface area (Å²) in [7, 11) is 0. The lowest BCUT2D eigenvalue weighted by Crippen LogP contribution is -2.24. The molecular formula is C17H21N3. The molecule has 0 atom stereocenters. The quantitative estimate of drug-likeness (QED) is 0.846. The number of aryl methyl sites for hydroxylation is 2. The number of aromatic nitrogens is 1. The maximum absolute atomic E-state index is 9.06. The van der Waals surface area contributed by atoms with E-state index in [1.165, 1.54) is 11.1 Å². The molecule has 0 spiro atoms. The molecule has 0 radical (unpaired) electrons. The van der Waals surface area contributed by atoms with E-state index in [0.717, 1.165) is 35.4 Å². The second-order valence-electron chi connectivity index (χ2n) is 5.13. The van der Waals surface area contributed by atoms with Crippen LogP contribution in [0, 0.1) is 25.2 Å². The molecule has 3 nitrogen and oxygen atoms in total. The Balaban J connectivity index is 2.72. The molecule has 0 N–H and O–H groups in total. The summed E-state index contributed by atoms with van der Waals surface area (Å²) in [5.41, 5.74) is 4.49. The minimum absolute atomic E-state index is 0.405. The van der Waals surface area contributed by atoms with E-state index in [2.05, 4.69) is 56.9 Å². The first-order chi connectivity index (χ1) is 9.60. The fourth-order valence-electron chi connectivity index (χ4n) is 2.67. The largest absolute Gasteiger partial charge is 0.357 e. The van der Waals surface area contributed by atoms with E-state index in [4.69, 9.17) is 10.2 Å². The van der Waals surface area contributed by atoms with E-state index >= 15 is 0 Å². The van der Waals surface area contributed by atoms with Crippen LogP contribution >= 0.6 is 0 Å². The van der Waals surface area contributed by atoms with Gasteiger partial charge in [-0.1, -0.05) is 6.07 Å². The lowest BCUT2D eigenvalue weighted by molar-refractivity contribution is 0.841. The molecule has 20 heavy (non-hydrogen) atoms. The van der Waals surface area contributed by atoms with Crippen molar-refractivity contribution in [2.24, 2.45) is 0 Å². The third-order valence-corrected chi connectivity index (χ3v) is 3.67. The standard InChI is InChI=1S/C17H21N3/c1-5-20(6-2)17-14(7-8-18)11-15-13(4)9-12(3)10-16(15)19-17/h9-11H,5-7H2,1-4H3. The molecule has 0 saturated carbocycles. The fourth-order valence-corrected chi connectivity index (χ4v) is 2.67. The molecule has 0 aliphatic carbocycles. The highest BCUT2D eigenvalue weighted by atomic mass is 15.2. The van der Waals surface area contributed by atoms with Crippen LogP contribution < -0.4 is 4.90 Å². The molecule has 0 aliphatic rings. The Hall–Kier alpha value is -2.08. The Bertz CT molecular complexity index is 664. The van der Waals surface area contributed by atoms with E-state index in [9.17, 15) is 0 Å².